The van der Waals surface area contributed by atoms with E-state index in [1.54, 1.807) is 14.0 Å². The van der Waals surface area contributed by atoms with Crippen molar-refractivity contribution in [3.8, 4) is 0 Å². The number of amides is 1. The monoisotopic (exact) mass is 275 g/mol. The lowest BCUT2D eigenvalue weighted by atomic mass is 10.5. The molecule has 1 amide bonds. The lowest BCUT2D eigenvalue weighted by Gasteiger charge is -2.07. The van der Waals surface area contributed by atoms with Gasteiger partial charge in [-0.25, -0.2) is 13.1 Å². The molecule has 4 N–H and O–H groups in total. The summed E-state index contributed by atoms with van der Waals surface area (Å²) in [7, 11) is -2.10. The highest BCUT2D eigenvalue weighted by atomic mass is 32.2. The number of nitrogens with one attached hydrogen (secondary N) is 2. The molecule has 0 fully saturated rings. The Morgan fingerprint density at radius 1 is 1.44 bits per heavy atom. The molecule has 102 valence electrons. The number of hydrogen-bond donors (Lipinski definition) is 3. The Bertz CT molecular complexity index is 549. The summed E-state index contributed by atoms with van der Waals surface area (Å²) in [6.07, 6.45) is 0. The molecule has 18 heavy (non-hydrogen) atoms. The number of carbonyl (C=O) groups excluding carboxylic acids is 1. The van der Waals surface area contributed by atoms with Gasteiger partial charge in [-0.2, -0.15) is 5.10 Å². The standard InChI is InChI=1S/C9H17N5O3S/c1-6-8(9(10)13-14(6)3)18(16,17)12-5-4-11-7(2)15/h12H,4-5H2,1-3H3,(H2,10,13)(H,11,15). The van der Waals surface area contributed by atoms with E-state index < -0.39 is 10.0 Å². The zero-order valence-electron chi connectivity index (χ0n) is 10.5. The van der Waals surface area contributed by atoms with Crippen LogP contribution in [-0.2, 0) is 21.9 Å². The van der Waals surface area contributed by atoms with Crippen LogP contribution in [0, 0.1) is 6.92 Å². The molecule has 1 aromatic heterocycles. The number of aromatic nitrogens is 2. The van der Waals surface area contributed by atoms with Crippen LogP contribution < -0.4 is 15.8 Å². The number of hydrogen-bond acceptors (Lipinski definition) is 5. The normalized spacial score (nSPS) is 11.5. The van der Waals surface area contributed by atoms with E-state index in [4.69, 9.17) is 5.73 Å². The molecule has 0 aliphatic carbocycles. The van der Waals surface area contributed by atoms with E-state index in [0.29, 0.717) is 5.69 Å². The molecule has 0 aliphatic heterocycles. The average Bonchev–Trinajstić information content (AvgIpc) is 2.48. The molecule has 0 atom stereocenters. The maximum Gasteiger partial charge on any atom is 0.246 e. The molecule has 1 heterocycles. The molecule has 0 saturated heterocycles. The lowest BCUT2D eigenvalue weighted by molar-refractivity contribution is -0.118. The maximum absolute atomic E-state index is 12.0. The van der Waals surface area contributed by atoms with Crippen molar-refractivity contribution in [1.82, 2.24) is 19.8 Å². The average molecular weight is 275 g/mol. The summed E-state index contributed by atoms with van der Waals surface area (Å²) < 4.78 is 27.7. The van der Waals surface area contributed by atoms with Gasteiger partial charge in [-0.15, -0.1) is 0 Å². The fraction of sp³-hybridized carbons (Fsp3) is 0.556. The van der Waals surface area contributed by atoms with Crippen molar-refractivity contribution < 1.29 is 13.2 Å². The van der Waals surface area contributed by atoms with Crippen LogP contribution in [-0.4, -0.2) is 37.2 Å². The number of nitrogens with two attached hydrogens (primary N) is 1. The molecule has 0 spiro atoms. The fourth-order valence-corrected chi connectivity index (χ4v) is 2.79. The van der Waals surface area contributed by atoms with Gasteiger partial charge in [0.2, 0.25) is 15.9 Å². The smallest absolute Gasteiger partial charge is 0.246 e. The molecule has 0 bridgehead atoms. The summed E-state index contributed by atoms with van der Waals surface area (Å²) in [6, 6.07) is 0. The third-order valence-electron chi connectivity index (χ3n) is 2.36. The summed E-state index contributed by atoms with van der Waals surface area (Å²) in [5.74, 6) is -0.256. The number of anilines is 1. The highest BCUT2D eigenvalue weighted by Gasteiger charge is 2.23. The topological polar surface area (TPSA) is 119 Å². The van der Waals surface area contributed by atoms with Crippen molar-refractivity contribution in [2.24, 2.45) is 7.05 Å². The van der Waals surface area contributed by atoms with Crippen LogP contribution in [0.5, 0.6) is 0 Å². The molecule has 1 aromatic rings. The fourth-order valence-electron chi connectivity index (χ4n) is 1.44. The van der Waals surface area contributed by atoms with Gasteiger partial charge in [0.25, 0.3) is 0 Å². The van der Waals surface area contributed by atoms with E-state index in [0.717, 1.165) is 0 Å². The van der Waals surface area contributed by atoms with Crippen LogP contribution in [0.4, 0.5) is 5.82 Å². The lowest BCUT2D eigenvalue weighted by Crippen LogP contribution is -2.34. The van der Waals surface area contributed by atoms with E-state index in [9.17, 15) is 13.2 Å². The van der Waals surface area contributed by atoms with E-state index in [2.05, 4.69) is 15.1 Å². The van der Waals surface area contributed by atoms with Gasteiger partial charge in [0.05, 0.1) is 5.69 Å². The molecule has 0 radical (unpaired) electrons. The second-order valence-electron chi connectivity index (χ2n) is 3.80. The molecule has 0 aromatic carbocycles. The van der Waals surface area contributed by atoms with E-state index in [-0.39, 0.29) is 29.7 Å². The third kappa shape index (κ3) is 3.20. The molecule has 0 unspecified atom stereocenters. The molecule has 8 nitrogen and oxygen atoms in total. The van der Waals surface area contributed by atoms with Gasteiger partial charge >= 0.3 is 0 Å². The van der Waals surface area contributed by atoms with Crippen LogP contribution in [0.2, 0.25) is 0 Å². The minimum absolute atomic E-state index is 0.0205. The first kappa shape index (κ1) is 14.5. The first-order valence-corrected chi connectivity index (χ1v) is 6.77. The van der Waals surface area contributed by atoms with Crippen LogP contribution in [0.15, 0.2) is 4.90 Å². The van der Waals surface area contributed by atoms with Crippen molar-refractivity contribution in [3.05, 3.63) is 5.69 Å². The number of carbonyl (C=O) groups is 1. The minimum atomic E-state index is -3.71. The molecule has 0 saturated carbocycles. The zero-order valence-corrected chi connectivity index (χ0v) is 11.3. The SMILES string of the molecule is CC(=O)NCCNS(=O)(=O)c1c(N)nn(C)c1C. The highest BCUT2D eigenvalue weighted by Crippen LogP contribution is 2.20. The van der Waals surface area contributed by atoms with Gasteiger partial charge in [-0.3, -0.25) is 9.48 Å². The summed E-state index contributed by atoms with van der Waals surface area (Å²) >= 11 is 0. The van der Waals surface area contributed by atoms with Gasteiger partial charge < -0.3 is 11.1 Å². The predicted octanol–water partition coefficient (Wildman–Crippen LogP) is -1.27. The third-order valence-corrected chi connectivity index (χ3v) is 3.99. The molecular weight excluding hydrogens is 258 g/mol. The first-order chi connectivity index (χ1) is 8.25. The summed E-state index contributed by atoms with van der Waals surface area (Å²) in [5, 5.41) is 6.32. The minimum Gasteiger partial charge on any atom is -0.381 e. The van der Waals surface area contributed by atoms with Gasteiger partial charge in [0, 0.05) is 27.1 Å². The summed E-state index contributed by atoms with van der Waals surface area (Å²) in [6.45, 7) is 3.28. The first-order valence-electron chi connectivity index (χ1n) is 5.29. The molecular formula is C9H17N5O3S. The Hall–Kier alpha value is -1.61. The Labute approximate surface area is 106 Å². The number of aryl methyl sites for hydroxylation is 1. The quantitative estimate of drug-likeness (QED) is 0.579. The van der Waals surface area contributed by atoms with E-state index in [1.165, 1.54) is 11.6 Å². The Balaban J connectivity index is 2.78. The van der Waals surface area contributed by atoms with Gasteiger partial charge in [-0.05, 0) is 6.92 Å². The highest BCUT2D eigenvalue weighted by molar-refractivity contribution is 7.89. The van der Waals surface area contributed by atoms with Gasteiger partial charge in [0.1, 0.15) is 4.90 Å². The Morgan fingerprint density at radius 2 is 2.06 bits per heavy atom. The molecule has 9 heteroatoms. The molecule has 1 rings (SSSR count). The van der Waals surface area contributed by atoms with Crippen LogP contribution >= 0.6 is 0 Å². The van der Waals surface area contributed by atoms with Crippen molar-refractivity contribution >= 4 is 21.7 Å². The van der Waals surface area contributed by atoms with Crippen LogP contribution in [0.1, 0.15) is 12.6 Å². The largest absolute Gasteiger partial charge is 0.381 e. The van der Waals surface area contributed by atoms with Crippen LogP contribution in [0.25, 0.3) is 0 Å². The summed E-state index contributed by atoms with van der Waals surface area (Å²) in [4.78, 5) is 10.6. The zero-order chi connectivity index (χ0) is 13.9. The molecule has 0 aliphatic rings. The number of sulfonamides is 1. The number of nitrogen functional groups attached to an aromatic ring is 1. The Morgan fingerprint density at radius 3 is 2.50 bits per heavy atom. The van der Waals surface area contributed by atoms with E-state index in [1.807, 2.05) is 0 Å². The Kier molecular flexibility index (Phi) is 4.30. The van der Waals surface area contributed by atoms with Crippen molar-refractivity contribution in [2.45, 2.75) is 18.7 Å². The maximum atomic E-state index is 12.0. The second-order valence-corrected chi connectivity index (χ2v) is 5.51. The number of nitrogens with zero attached hydrogens (tertiary/aromatic N) is 2. The van der Waals surface area contributed by atoms with Crippen molar-refractivity contribution in [2.75, 3.05) is 18.8 Å². The predicted molar refractivity (Wildman–Crippen MR) is 66.2 cm³/mol. The van der Waals surface area contributed by atoms with Gasteiger partial charge in [0.15, 0.2) is 5.82 Å². The van der Waals surface area contributed by atoms with Crippen molar-refractivity contribution in [1.29, 1.82) is 0 Å². The van der Waals surface area contributed by atoms with Crippen LogP contribution in [0.3, 0.4) is 0 Å². The van der Waals surface area contributed by atoms with E-state index >= 15 is 0 Å². The summed E-state index contributed by atoms with van der Waals surface area (Å²) in [5.41, 5.74) is 6.02. The second kappa shape index (κ2) is 5.36. The van der Waals surface area contributed by atoms with Gasteiger partial charge in [-0.1, -0.05) is 0 Å². The number of rotatable bonds is 5. The van der Waals surface area contributed by atoms with Crippen molar-refractivity contribution in [3.63, 3.8) is 0 Å².